The van der Waals surface area contributed by atoms with Crippen LogP contribution >= 0.6 is 27.3 Å². The number of rotatable bonds is 7. The van der Waals surface area contributed by atoms with Gasteiger partial charge >= 0.3 is 0 Å². The maximum atomic E-state index is 12.4. The Kier molecular flexibility index (Phi) is 6.04. The van der Waals surface area contributed by atoms with E-state index in [1.807, 2.05) is 30.3 Å². The van der Waals surface area contributed by atoms with E-state index >= 15 is 0 Å². The van der Waals surface area contributed by atoms with Crippen molar-refractivity contribution in [1.29, 1.82) is 0 Å². The molecule has 0 radical (unpaired) electrons. The van der Waals surface area contributed by atoms with E-state index in [0.717, 1.165) is 26.9 Å². The molecular formula is C19H19BrN2O2S. The zero-order valence-electron chi connectivity index (χ0n) is 13.9. The minimum Gasteiger partial charge on any atom is -0.494 e. The van der Waals surface area contributed by atoms with E-state index in [9.17, 15) is 4.79 Å². The van der Waals surface area contributed by atoms with Crippen LogP contribution in [0.25, 0.3) is 10.2 Å². The van der Waals surface area contributed by atoms with Crippen LogP contribution in [0.1, 0.15) is 36.5 Å². The number of carbonyl (C=O) groups excluding carboxylic acids is 1. The number of anilines is 1. The molecule has 0 saturated carbocycles. The summed E-state index contributed by atoms with van der Waals surface area (Å²) < 4.78 is 7.62. The number of thiazole rings is 1. The predicted molar refractivity (Wildman–Crippen MR) is 107 cm³/mol. The second-order valence-corrected chi connectivity index (χ2v) is 7.52. The SMILES string of the molecule is CCCCCOc1ccc(C(=O)Nc2nc3c(Br)cccc3s2)cc1. The lowest BCUT2D eigenvalue weighted by Gasteiger charge is -2.06. The molecule has 0 atom stereocenters. The number of amides is 1. The number of hydrogen-bond acceptors (Lipinski definition) is 4. The Hall–Kier alpha value is -1.92. The van der Waals surface area contributed by atoms with Crippen molar-refractivity contribution < 1.29 is 9.53 Å². The van der Waals surface area contributed by atoms with Crippen molar-refractivity contribution in [2.75, 3.05) is 11.9 Å². The molecule has 0 fully saturated rings. The lowest BCUT2D eigenvalue weighted by atomic mass is 10.2. The van der Waals surface area contributed by atoms with Crippen LogP contribution in [0.4, 0.5) is 5.13 Å². The highest BCUT2D eigenvalue weighted by atomic mass is 79.9. The first kappa shape index (κ1) is 17.9. The molecule has 0 spiro atoms. The lowest BCUT2D eigenvalue weighted by molar-refractivity contribution is 0.102. The number of nitrogens with zero attached hydrogens (tertiary/aromatic N) is 1. The summed E-state index contributed by atoms with van der Waals surface area (Å²) >= 11 is 4.93. The first-order chi connectivity index (χ1) is 12.2. The average Bonchev–Trinajstić information content (AvgIpc) is 3.03. The molecule has 0 saturated heterocycles. The van der Waals surface area contributed by atoms with Gasteiger partial charge in [0.25, 0.3) is 5.91 Å². The van der Waals surface area contributed by atoms with Crippen LogP contribution < -0.4 is 10.1 Å². The molecule has 4 nitrogen and oxygen atoms in total. The van der Waals surface area contributed by atoms with Crippen LogP contribution in [0.15, 0.2) is 46.9 Å². The summed E-state index contributed by atoms with van der Waals surface area (Å²) in [4.78, 5) is 16.9. The molecule has 0 aliphatic carbocycles. The third-order valence-electron chi connectivity index (χ3n) is 3.72. The molecule has 0 aliphatic heterocycles. The second kappa shape index (κ2) is 8.45. The van der Waals surface area contributed by atoms with Crippen molar-refractivity contribution in [3.05, 3.63) is 52.5 Å². The Bertz CT molecular complexity index is 861. The second-order valence-electron chi connectivity index (χ2n) is 5.64. The molecule has 0 unspecified atom stereocenters. The van der Waals surface area contributed by atoms with Gasteiger partial charge < -0.3 is 4.74 Å². The van der Waals surface area contributed by atoms with Crippen molar-refractivity contribution in [3.8, 4) is 5.75 Å². The minimum absolute atomic E-state index is 0.173. The fourth-order valence-corrected chi connectivity index (χ4v) is 3.86. The van der Waals surface area contributed by atoms with E-state index in [0.29, 0.717) is 17.3 Å². The van der Waals surface area contributed by atoms with Gasteiger partial charge in [-0.15, -0.1) is 0 Å². The van der Waals surface area contributed by atoms with Crippen molar-refractivity contribution in [3.63, 3.8) is 0 Å². The van der Waals surface area contributed by atoms with Gasteiger partial charge in [-0.3, -0.25) is 10.1 Å². The standard InChI is InChI=1S/C19H19BrN2O2S/c1-2-3-4-12-24-14-10-8-13(9-11-14)18(23)22-19-21-17-15(20)6-5-7-16(17)25-19/h5-11H,2-4,12H2,1H3,(H,21,22,23). The number of unbranched alkanes of at least 4 members (excludes halogenated alkanes) is 2. The fourth-order valence-electron chi connectivity index (χ4n) is 2.38. The predicted octanol–water partition coefficient (Wildman–Crippen LogP) is 5.88. The third kappa shape index (κ3) is 4.58. The fraction of sp³-hybridized carbons (Fsp3) is 0.263. The monoisotopic (exact) mass is 418 g/mol. The molecule has 0 bridgehead atoms. The summed E-state index contributed by atoms with van der Waals surface area (Å²) in [7, 11) is 0. The van der Waals surface area contributed by atoms with E-state index in [4.69, 9.17) is 4.74 Å². The molecule has 6 heteroatoms. The highest BCUT2D eigenvalue weighted by molar-refractivity contribution is 9.10. The normalized spacial score (nSPS) is 10.8. The molecule has 3 aromatic rings. The van der Waals surface area contributed by atoms with Crippen molar-refractivity contribution >= 4 is 48.5 Å². The minimum atomic E-state index is -0.173. The number of fused-ring (bicyclic) bond motifs is 1. The van der Waals surface area contributed by atoms with Crippen LogP contribution in [-0.4, -0.2) is 17.5 Å². The summed E-state index contributed by atoms with van der Waals surface area (Å²) in [6.45, 7) is 2.87. The van der Waals surface area contributed by atoms with Crippen LogP contribution in [0.5, 0.6) is 5.75 Å². The summed E-state index contributed by atoms with van der Waals surface area (Å²) in [6, 6.07) is 13.1. The zero-order chi connectivity index (χ0) is 17.6. The molecule has 3 rings (SSSR count). The molecule has 25 heavy (non-hydrogen) atoms. The molecule has 1 aromatic heterocycles. The van der Waals surface area contributed by atoms with E-state index in [1.165, 1.54) is 24.2 Å². The maximum absolute atomic E-state index is 12.4. The van der Waals surface area contributed by atoms with Crippen LogP contribution in [0.2, 0.25) is 0 Å². The van der Waals surface area contributed by atoms with E-state index in [2.05, 4.69) is 33.2 Å². The average molecular weight is 419 g/mol. The van der Waals surface area contributed by atoms with Gasteiger partial charge in [-0.2, -0.15) is 0 Å². The molecule has 1 amide bonds. The van der Waals surface area contributed by atoms with Gasteiger partial charge in [0.15, 0.2) is 5.13 Å². The number of para-hydroxylation sites is 1. The van der Waals surface area contributed by atoms with Crippen LogP contribution in [0.3, 0.4) is 0 Å². The van der Waals surface area contributed by atoms with Crippen molar-refractivity contribution in [2.45, 2.75) is 26.2 Å². The molecule has 1 heterocycles. The summed E-state index contributed by atoms with van der Waals surface area (Å²) in [5.74, 6) is 0.615. The van der Waals surface area contributed by atoms with Crippen molar-refractivity contribution in [1.82, 2.24) is 4.98 Å². The number of aromatic nitrogens is 1. The van der Waals surface area contributed by atoms with Crippen molar-refractivity contribution in [2.24, 2.45) is 0 Å². The smallest absolute Gasteiger partial charge is 0.257 e. The number of halogens is 1. The Labute approximate surface area is 159 Å². The summed E-state index contributed by atoms with van der Waals surface area (Å²) in [6.07, 6.45) is 3.38. The topological polar surface area (TPSA) is 51.2 Å². The number of benzene rings is 2. The van der Waals surface area contributed by atoms with Gasteiger partial charge in [-0.25, -0.2) is 4.98 Å². The summed E-state index contributed by atoms with van der Waals surface area (Å²) in [5, 5.41) is 3.45. The molecule has 0 aliphatic rings. The van der Waals surface area contributed by atoms with Crippen LogP contribution in [-0.2, 0) is 0 Å². The molecular weight excluding hydrogens is 400 g/mol. The van der Waals surface area contributed by atoms with Gasteiger partial charge in [0.1, 0.15) is 5.75 Å². The van der Waals surface area contributed by atoms with Gasteiger partial charge in [-0.1, -0.05) is 37.2 Å². The molecule has 1 N–H and O–H groups in total. The van der Waals surface area contributed by atoms with Gasteiger partial charge in [0.05, 0.1) is 16.8 Å². The Balaban J connectivity index is 1.63. The molecule has 130 valence electrons. The summed E-state index contributed by atoms with van der Waals surface area (Å²) in [5.41, 5.74) is 1.44. The lowest BCUT2D eigenvalue weighted by Crippen LogP contribution is -2.11. The van der Waals surface area contributed by atoms with E-state index in [1.54, 1.807) is 12.1 Å². The molecule has 2 aromatic carbocycles. The first-order valence-electron chi connectivity index (χ1n) is 8.26. The van der Waals surface area contributed by atoms with Gasteiger partial charge in [0.2, 0.25) is 0 Å². The number of hydrogen-bond donors (Lipinski definition) is 1. The largest absolute Gasteiger partial charge is 0.494 e. The van der Waals surface area contributed by atoms with Crippen LogP contribution in [0, 0.1) is 0 Å². The highest BCUT2D eigenvalue weighted by Gasteiger charge is 2.11. The van der Waals surface area contributed by atoms with Gasteiger partial charge in [0, 0.05) is 10.0 Å². The quantitative estimate of drug-likeness (QED) is 0.487. The number of carbonyl (C=O) groups is 1. The maximum Gasteiger partial charge on any atom is 0.257 e. The van der Waals surface area contributed by atoms with E-state index in [-0.39, 0.29) is 5.91 Å². The third-order valence-corrected chi connectivity index (χ3v) is 5.30. The van der Waals surface area contributed by atoms with Gasteiger partial charge in [-0.05, 0) is 58.7 Å². The Morgan fingerprint density at radius 2 is 2.00 bits per heavy atom. The Morgan fingerprint density at radius 1 is 1.20 bits per heavy atom. The first-order valence-corrected chi connectivity index (χ1v) is 9.87. The number of ether oxygens (including phenoxy) is 1. The highest BCUT2D eigenvalue weighted by Crippen LogP contribution is 2.31. The number of nitrogens with one attached hydrogen (secondary N) is 1. The van der Waals surface area contributed by atoms with E-state index < -0.39 is 0 Å². The zero-order valence-corrected chi connectivity index (χ0v) is 16.3. The Morgan fingerprint density at radius 3 is 2.72 bits per heavy atom.